The van der Waals surface area contributed by atoms with E-state index in [1.54, 1.807) is 0 Å². The molecule has 1 amide bonds. The number of nitrogens with one attached hydrogen (secondary N) is 2. The van der Waals surface area contributed by atoms with Gasteiger partial charge in [0.25, 0.3) is 0 Å². The van der Waals surface area contributed by atoms with Gasteiger partial charge >= 0.3 is 0 Å². The summed E-state index contributed by atoms with van der Waals surface area (Å²) in [5.41, 5.74) is 0.335. The molecule has 0 spiro atoms. The fourth-order valence-corrected chi connectivity index (χ4v) is 2.30. The molecule has 1 fully saturated rings. The molecule has 0 radical (unpaired) electrons. The van der Waals surface area contributed by atoms with Crippen LogP contribution in [-0.2, 0) is 4.79 Å². The van der Waals surface area contributed by atoms with Gasteiger partial charge in [-0.25, -0.2) is 0 Å². The molecular formula is C14H28N2O. The summed E-state index contributed by atoms with van der Waals surface area (Å²) in [6.45, 7) is 9.76. The first-order valence-corrected chi connectivity index (χ1v) is 6.83. The topological polar surface area (TPSA) is 41.1 Å². The first-order valence-electron chi connectivity index (χ1n) is 6.83. The van der Waals surface area contributed by atoms with Crippen LogP contribution in [0.25, 0.3) is 0 Å². The van der Waals surface area contributed by atoms with Crippen LogP contribution in [0.5, 0.6) is 0 Å². The van der Waals surface area contributed by atoms with E-state index in [2.05, 4.69) is 38.3 Å². The van der Waals surface area contributed by atoms with Crippen LogP contribution in [0.15, 0.2) is 0 Å². The lowest BCUT2D eigenvalue weighted by molar-refractivity contribution is -0.121. The van der Waals surface area contributed by atoms with Gasteiger partial charge in [-0.1, -0.05) is 26.2 Å². The molecule has 1 aliphatic carbocycles. The second-order valence-corrected chi connectivity index (χ2v) is 6.75. The third-order valence-corrected chi connectivity index (χ3v) is 3.55. The molecule has 3 heteroatoms. The zero-order valence-electron chi connectivity index (χ0n) is 11.9. The number of carbonyl (C=O) groups excluding carboxylic acids is 1. The molecule has 2 N–H and O–H groups in total. The SMILES string of the molecule is CC1(CNC(=O)CNC(C)(C)C)CCCCC1. The van der Waals surface area contributed by atoms with E-state index in [4.69, 9.17) is 0 Å². The first-order chi connectivity index (χ1) is 7.81. The molecule has 0 saturated heterocycles. The molecule has 0 atom stereocenters. The smallest absolute Gasteiger partial charge is 0.233 e. The summed E-state index contributed by atoms with van der Waals surface area (Å²) in [4.78, 5) is 11.7. The largest absolute Gasteiger partial charge is 0.354 e. The lowest BCUT2D eigenvalue weighted by Crippen LogP contribution is -2.45. The van der Waals surface area contributed by atoms with Crippen molar-refractivity contribution < 1.29 is 4.79 Å². The number of hydrogen-bond acceptors (Lipinski definition) is 2. The molecule has 17 heavy (non-hydrogen) atoms. The highest BCUT2D eigenvalue weighted by atomic mass is 16.1. The summed E-state index contributed by atoms with van der Waals surface area (Å²) in [5, 5.41) is 6.27. The van der Waals surface area contributed by atoms with Gasteiger partial charge in [-0.15, -0.1) is 0 Å². The number of hydrogen-bond donors (Lipinski definition) is 2. The molecular weight excluding hydrogens is 212 g/mol. The predicted octanol–water partition coefficient (Wildman–Crippen LogP) is 2.46. The average Bonchev–Trinajstić information content (AvgIpc) is 2.24. The summed E-state index contributed by atoms with van der Waals surface area (Å²) >= 11 is 0. The van der Waals surface area contributed by atoms with Crippen LogP contribution in [0.1, 0.15) is 59.8 Å². The monoisotopic (exact) mass is 240 g/mol. The Bertz CT molecular complexity index is 249. The zero-order valence-corrected chi connectivity index (χ0v) is 11.9. The summed E-state index contributed by atoms with van der Waals surface area (Å²) in [6, 6.07) is 0. The maximum atomic E-state index is 11.7. The molecule has 0 aromatic rings. The van der Waals surface area contributed by atoms with Gasteiger partial charge in [0.15, 0.2) is 0 Å². The van der Waals surface area contributed by atoms with Gasteiger partial charge in [0.1, 0.15) is 0 Å². The van der Waals surface area contributed by atoms with E-state index in [0.717, 1.165) is 6.54 Å². The molecule has 1 saturated carbocycles. The van der Waals surface area contributed by atoms with E-state index in [9.17, 15) is 4.79 Å². The highest BCUT2D eigenvalue weighted by Crippen LogP contribution is 2.34. The average molecular weight is 240 g/mol. The van der Waals surface area contributed by atoms with Gasteiger partial charge in [-0.05, 0) is 39.0 Å². The number of amides is 1. The molecule has 1 rings (SSSR count). The van der Waals surface area contributed by atoms with Crippen LogP contribution in [0.3, 0.4) is 0 Å². The highest BCUT2D eigenvalue weighted by Gasteiger charge is 2.27. The minimum Gasteiger partial charge on any atom is -0.354 e. The standard InChI is InChI=1S/C14H28N2O/c1-13(2,3)16-10-12(17)15-11-14(4)8-6-5-7-9-14/h16H,5-11H2,1-4H3,(H,15,17). The van der Waals surface area contributed by atoms with Crippen molar-refractivity contribution in [2.24, 2.45) is 5.41 Å². The van der Waals surface area contributed by atoms with E-state index >= 15 is 0 Å². The quantitative estimate of drug-likeness (QED) is 0.792. The molecule has 100 valence electrons. The van der Waals surface area contributed by atoms with Crippen LogP contribution < -0.4 is 10.6 Å². The Morgan fingerprint density at radius 3 is 2.29 bits per heavy atom. The number of carbonyl (C=O) groups is 1. The first kappa shape index (κ1) is 14.5. The predicted molar refractivity (Wildman–Crippen MR) is 72.0 cm³/mol. The molecule has 0 unspecified atom stereocenters. The minimum absolute atomic E-state index is 0.00603. The van der Waals surface area contributed by atoms with Crippen molar-refractivity contribution in [3.63, 3.8) is 0 Å². The fraction of sp³-hybridized carbons (Fsp3) is 0.929. The Balaban J connectivity index is 2.23. The molecule has 3 nitrogen and oxygen atoms in total. The van der Waals surface area contributed by atoms with Crippen molar-refractivity contribution in [2.75, 3.05) is 13.1 Å². The van der Waals surface area contributed by atoms with Crippen molar-refractivity contribution in [1.82, 2.24) is 10.6 Å². The Kier molecular flexibility index (Phi) is 4.99. The van der Waals surface area contributed by atoms with Crippen molar-refractivity contribution in [1.29, 1.82) is 0 Å². The molecule has 0 aromatic carbocycles. The lowest BCUT2D eigenvalue weighted by atomic mass is 9.76. The summed E-state index contributed by atoms with van der Waals surface area (Å²) in [5.74, 6) is 0.117. The Morgan fingerprint density at radius 2 is 1.76 bits per heavy atom. The van der Waals surface area contributed by atoms with Gasteiger partial charge < -0.3 is 10.6 Å². The van der Waals surface area contributed by atoms with Gasteiger partial charge in [0, 0.05) is 12.1 Å². The normalized spacial score (nSPS) is 20.0. The van der Waals surface area contributed by atoms with E-state index in [-0.39, 0.29) is 11.4 Å². The van der Waals surface area contributed by atoms with Gasteiger partial charge in [-0.3, -0.25) is 4.79 Å². The number of rotatable bonds is 4. The maximum absolute atomic E-state index is 11.7. The second kappa shape index (κ2) is 5.85. The van der Waals surface area contributed by atoms with Crippen LogP contribution >= 0.6 is 0 Å². The zero-order chi connectivity index (χ0) is 12.9. The summed E-state index contributed by atoms with van der Waals surface area (Å²) < 4.78 is 0. The fourth-order valence-electron chi connectivity index (χ4n) is 2.30. The Hall–Kier alpha value is -0.570. The van der Waals surface area contributed by atoms with Crippen molar-refractivity contribution in [2.45, 2.75) is 65.3 Å². The van der Waals surface area contributed by atoms with Crippen LogP contribution in [0, 0.1) is 5.41 Å². The minimum atomic E-state index is 0.00603. The highest BCUT2D eigenvalue weighted by molar-refractivity contribution is 5.78. The second-order valence-electron chi connectivity index (χ2n) is 6.75. The molecule has 1 aliphatic rings. The van der Waals surface area contributed by atoms with Gasteiger partial charge in [0.05, 0.1) is 6.54 Å². The third-order valence-electron chi connectivity index (χ3n) is 3.55. The summed E-state index contributed by atoms with van der Waals surface area (Å²) in [6.07, 6.45) is 6.48. The summed E-state index contributed by atoms with van der Waals surface area (Å²) in [7, 11) is 0. The van der Waals surface area contributed by atoms with Crippen molar-refractivity contribution >= 4 is 5.91 Å². The third kappa shape index (κ3) is 6.06. The Morgan fingerprint density at radius 1 is 1.18 bits per heavy atom. The van der Waals surface area contributed by atoms with Crippen LogP contribution in [0.4, 0.5) is 0 Å². The lowest BCUT2D eigenvalue weighted by Gasteiger charge is -2.33. The van der Waals surface area contributed by atoms with E-state index < -0.39 is 0 Å². The van der Waals surface area contributed by atoms with Gasteiger partial charge in [-0.2, -0.15) is 0 Å². The van der Waals surface area contributed by atoms with Gasteiger partial charge in [0.2, 0.25) is 5.91 Å². The van der Waals surface area contributed by atoms with Crippen molar-refractivity contribution in [3.05, 3.63) is 0 Å². The molecule has 0 bridgehead atoms. The van der Waals surface area contributed by atoms with E-state index in [0.29, 0.717) is 12.0 Å². The Labute approximate surface area is 106 Å². The van der Waals surface area contributed by atoms with Crippen LogP contribution in [-0.4, -0.2) is 24.5 Å². The van der Waals surface area contributed by atoms with Crippen LogP contribution in [0.2, 0.25) is 0 Å². The molecule has 0 aromatic heterocycles. The molecule has 0 heterocycles. The maximum Gasteiger partial charge on any atom is 0.233 e. The van der Waals surface area contributed by atoms with E-state index in [1.807, 2.05) is 0 Å². The molecule has 0 aliphatic heterocycles. The van der Waals surface area contributed by atoms with Crippen molar-refractivity contribution in [3.8, 4) is 0 Å². The van der Waals surface area contributed by atoms with E-state index in [1.165, 1.54) is 32.1 Å².